The average Bonchev–Trinajstić information content (AvgIpc) is 2.47. The van der Waals surface area contributed by atoms with Crippen LogP contribution < -0.4 is 0 Å². The first-order valence-electron chi connectivity index (χ1n) is 6.21. The van der Waals surface area contributed by atoms with E-state index in [9.17, 15) is 4.79 Å². The number of carbonyl (C=O) groups is 1. The lowest BCUT2D eigenvalue weighted by molar-refractivity contribution is -0.178. The van der Waals surface area contributed by atoms with E-state index in [1.165, 1.54) is 0 Å². The van der Waals surface area contributed by atoms with Gasteiger partial charge in [0.25, 0.3) is 0 Å². The van der Waals surface area contributed by atoms with Gasteiger partial charge in [-0.25, -0.2) is 0 Å². The minimum Gasteiger partial charge on any atom is -0.349 e. The van der Waals surface area contributed by atoms with Crippen molar-refractivity contribution >= 4 is 5.78 Å². The van der Waals surface area contributed by atoms with Crippen LogP contribution in [0.1, 0.15) is 28.8 Å². The molecule has 2 rings (SSSR count). The largest absolute Gasteiger partial charge is 0.349 e. The van der Waals surface area contributed by atoms with Crippen LogP contribution in [0.15, 0.2) is 48.6 Å². The Morgan fingerprint density at radius 1 is 1.16 bits per heavy atom. The molecule has 0 spiro atoms. The van der Waals surface area contributed by atoms with Crippen LogP contribution >= 0.6 is 0 Å². The van der Waals surface area contributed by atoms with E-state index >= 15 is 0 Å². The van der Waals surface area contributed by atoms with Gasteiger partial charge < -0.3 is 9.47 Å². The Morgan fingerprint density at radius 2 is 1.84 bits per heavy atom. The fourth-order valence-corrected chi connectivity index (χ4v) is 2.49. The first-order chi connectivity index (χ1) is 9.14. The van der Waals surface area contributed by atoms with Crippen LogP contribution in [0.3, 0.4) is 0 Å². The summed E-state index contributed by atoms with van der Waals surface area (Å²) >= 11 is 0. The molecule has 1 aromatic carbocycles. The van der Waals surface area contributed by atoms with Gasteiger partial charge in [0.15, 0.2) is 11.6 Å². The number of methoxy groups -OCH3 is 2. The number of allylic oxidation sites excluding steroid dienone is 2. The lowest BCUT2D eigenvalue weighted by atomic mass is 9.83. The molecule has 3 nitrogen and oxygen atoms in total. The highest BCUT2D eigenvalue weighted by Gasteiger charge is 2.39. The van der Waals surface area contributed by atoms with E-state index in [2.05, 4.69) is 0 Å². The van der Waals surface area contributed by atoms with Crippen molar-refractivity contribution in [2.75, 3.05) is 14.2 Å². The number of carbonyl (C=O) groups excluding carboxylic acids is 1. The molecule has 0 bridgehead atoms. The summed E-state index contributed by atoms with van der Waals surface area (Å²) in [5.74, 6) is -0.965. The van der Waals surface area contributed by atoms with Crippen molar-refractivity contribution in [3.63, 3.8) is 0 Å². The van der Waals surface area contributed by atoms with Gasteiger partial charge in [0.1, 0.15) is 0 Å². The lowest BCUT2D eigenvalue weighted by Gasteiger charge is -2.36. The Bertz CT molecular complexity index is 525. The summed E-state index contributed by atoms with van der Waals surface area (Å²) in [5, 5.41) is 0. The van der Waals surface area contributed by atoms with Gasteiger partial charge in [-0.1, -0.05) is 42.5 Å². The number of hydrogen-bond donors (Lipinski definition) is 0. The zero-order chi connectivity index (χ0) is 13.9. The highest BCUT2D eigenvalue weighted by atomic mass is 16.7. The molecular weight excluding hydrogens is 240 g/mol. The molecule has 1 aliphatic carbocycles. The average molecular weight is 258 g/mol. The molecule has 0 radical (unpaired) electrons. The van der Waals surface area contributed by atoms with Crippen LogP contribution in [-0.2, 0) is 9.47 Å². The van der Waals surface area contributed by atoms with Crippen molar-refractivity contribution in [3.05, 3.63) is 59.7 Å². The number of ether oxygens (including phenoxy) is 2. The molecule has 1 aromatic rings. The molecule has 19 heavy (non-hydrogen) atoms. The summed E-state index contributed by atoms with van der Waals surface area (Å²) in [6.07, 6.45) is 7.70. The van der Waals surface area contributed by atoms with Crippen molar-refractivity contribution in [3.8, 4) is 0 Å². The van der Waals surface area contributed by atoms with Gasteiger partial charge in [-0.15, -0.1) is 0 Å². The Morgan fingerprint density at radius 3 is 2.47 bits per heavy atom. The van der Waals surface area contributed by atoms with Crippen molar-refractivity contribution in [1.29, 1.82) is 0 Å². The van der Waals surface area contributed by atoms with E-state index in [-0.39, 0.29) is 11.7 Å². The summed E-state index contributed by atoms with van der Waals surface area (Å²) in [6.45, 7) is 1.57. The second-order valence-corrected chi connectivity index (χ2v) is 4.49. The van der Waals surface area contributed by atoms with Crippen LogP contribution in [0.5, 0.6) is 0 Å². The zero-order valence-corrected chi connectivity index (χ0v) is 11.4. The monoisotopic (exact) mass is 258 g/mol. The van der Waals surface area contributed by atoms with Gasteiger partial charge in [0, 0.05) is 19.8 Å². The number of Topliss-reactive ketones (excluding diaryl/α,β-unsaturated/α-hetero) is 1. The van der Waals surface area contributed by atoms with Crippen LogP contribution in [-0.4, -0.2) is 25.8 Å². The van der Waals surface area contributed by atoms with E-state index in [4.69, 9.17) is 9.47 Å². The summed E-state index contributed by atoms with van der Waals surface area (Å²) < 4.78 is 11.1. The van der Waals surface area contributed by atoms with Gasteiger partial charge >= 0.3 is 0 Å². The first kappa shape index (κ1) is 13.7. The molecule has 1 unspecified atom stereocenters. The van der Waals surface area contributed by atoms with Crippen molar-refractivity contribution in [1.82, 2.24) is 0 Å². The van der Waals surface area contributed by atoms with Crippen LogP contribution in [0.25, 0.3) is 0 Å². The van der Waals surface area contributed by atoms with Gasteiger partial charge in [-0.3, -0.25) is 4.79 Å². The van der Waals surface area contributed by atoms with E-state index in [0.717, 1.165) is 5.56 Å². The lowest BCUT2D eigenvalue weighted by Crippen LogP contribution is -2.39. The Hall–Kier alpha value is -1.71. The molecule has 0 aliphatic heterocycles. The third-order valence-electron chi connectivity index (χ3n) is 3.49. The van der Waals surface area contributed by atoms with E-state index in [0.29, 0.717) is 5.56 Å². The summed E-state index contributed by atoms with van der Waals surface area (Å²) in [4.78, 5) is 11.8. The molecule has 3 heteroatoms. The maximum atomic E-state index is 11.8. The SMILES string of the molecule is COC1(OC)C=CC=CC1c1ccccc1C(C)=O. The Kier molecular flexibility index (Phi) is 3.98. The molecule has 100 valence electrons. The fourth-order valence-electron chi connectivity index (χ4n) is 2.49. The quantitative estimate of drug-likeness (QED) is 0.615. The third-order valence-corrected chi connectivity index (χ3v) is 3.49. The molecule has 1 atom stereocenters. The van der Waals surface area contributed by atoms with Gasteiger partial charge in [-0.2, -0.15) is 0 Å². The van der Waals surface area contributed by atoms with Crippen LogP contribution in [0, 0.1) is 0 Å². The highest BCUT2D eigenvalue weighted by Crippen LogP contribution is 2.38. The molecule has 0 saturated heterocycles. The molecule has 0 amide bonds. The highest BCUT2D eigenvalue weighted by molar-refractivity contribution is 5.95. The van der Waals surface area contributed by atoms with Crippen molar-refractivity contribution in [2.24, 2.45) is 0 Å². The Balaban J connectivity index is 2.54. The topological polar surface area (TPSA) is 35.5 Å². The van der Waals surface area contributed by atoms with E-state index < -0.39 is 5.79 Å². The zero-order valence-electron chi connectivity index (χ0n) is 11.4. The maximum Gasteiger partial charge on any atom is 0.198 e. The summed E-state index contributed by atoms with van der Waals surface area (Å²) in [6, 6.07) is 7.56. The smallest absolute Gasteiger partial charge is 0.198 e. The fraction of sp³-hybridized carbons (Fsp3) is 0.312. The number of rotatable bonds is 4. The van der Waals surface area contributed by atoms with E-state index in [1.54, 1.807) is 21.1 Å². The number of hydrogen-bond acceptors (Lipinski definition) is 3. The van der Waals surface area contributed by atoms with Gasteiger partial charge in [-0.05, 0) is 18.6 Å². The molecule has 1 aliphatic rings. The minimum absolute atomic E-state index is 0.0414. The predicted molar refractivity (Wildman–Crippen MR) is 74.2 cm³/mol. The van der Waals surface area contributed by atoms with Crippen LogP contribution in [0.2, 0.25) is 0 Å². The Labute approximate surface area is 113 Å². The van der Waals surface area contributed by atoms with Crippen molar-refractivity contribution < 1.29 is 14.3 Å². The predicted octanol–water partition coefficient (Wildman–Crippen LogP) is 3.09. The third kappa shape index (κ3) is 2.39. The number of benzene rings is 1. The molecular formula is C16H18O3. The number of ketones is 1. The molecule has 0 N–H and O–H groups in total. The first-order valence-corrected chi connectivity index (χ1v) is 6.21. The summed E-state index contributed by atoms with van der Waals surface area (Å²) in [7, 11) is 3.22. The minimum atomic E-state index is -0.861. The normalized spacial score (nSPS) is 20.5. The van der Waals surface area contributed by atoms with Gasteiger partial charge in [0.2, 0.25) is 0 Å². The second kappa shape index (κ2) is 5.51. The standard InChI is InChI=1S/C16H18O3/c1-12(17)13-8-4-5-9-14(13)15-10-6-7-11-16(15,18-2)19-3/h4-11,15H,1-3H3. The molecule has 0 heterocycles. The molecule has 0 saturated carbocycles. The van der Waals surface area contributed by atoms with E-state index in [1.807, 2.05) is 48.6 Å². The van der Waals surface area contributed by atoms with Crippen molar-refractivity contribution in [2.45, 2.75) is 18.6 Å². The molecule has 0 aromatic heterocycles. The second-order valence-electron chi connectivity index (χ2n) is 4.49. The maximum absolute atomic E-state index is 11.8. The molecule has 0 fully saturated rings. The van der Waals surface area contributed by atoms with Gasteiger partial charge in [0.05, 0.1) is 5.92 Å². The summed E-state index contributed by atoms with van der Waals surface area (Å²) in [5.41, 5.74) is 1.62. The van der Waals surface area contributed by atoms with Crippen LogP contribution in [0.4, 0.5) is 0 Å².